The van der Waals surface area contributed by atoms with Crippen LogP contribution < -0.4 is 4.90 Å². The van der Waals surface area contributed by atoms with Gasteiger partial charge in [0.05, 0.1) is 0 Å². The third-order valence-corrected chi connectivity index (χ3v) is 8.07. The van der Waals surface area contributed by atoms with Gasteiger partial charge in [-0.2, -0.15) is 4.31 Å². The minimum absolute atomic E-state index is 0.114. The van der Waals surface area contributed by atoms with Crippen molar-refractivity contribution in [3.63, 3.8) is 0 Å². The van der Waals surface area contributed by atoms with Crippen molar-refractivity contribution >= 4 is 21.5 Å². The number of rotatable bonds is 6. The first-order chi connectivity index (χ1) is 14.8. The van der Waals surface area contributed by atoms with Crippen molar-refractivity contribution in [2.24, 2.45) is 0 Å². The third-order valence-electron chi connectivity index (χ3n) is 5.84. The van der Waals surface area contributed by atoms with Gasteiger partial charge in [0.15, 0.2) is 5.65 Å². The second-order valence-electron chi connectivity index (χ2n) is 8.62. The van der Waals surface area contributed by atoms with E-state index in [1.807, 2.05) is 58.2 Å². The molecule has 3 aromatic heterocycles. The first kappa shape index (κ1) is 21.7. The van der Waals surface area contributed by atoms with Gasteiger partial charge in [-0.05, 0) is 64.8 Å². The molecule has 0 radical (unpaired) electrons. The Kier molecular flexibility index (Phi) is 5.98. The molecule has 9 heteroatoms. The summed E-state index contributed by atoms with van der Waals surface area (Å²) in [5.74, 6) is 2.16. The van der Waals surface area contributed by atoms with Gasteiger partial charge in [-0.1, -0.05) is 6.07 Å². The topological polar surface area (TPSA) is 83.7 Å². The monoisotopic (exact) mass is 442 g/mol. The molecule has 0 spiro atoms. The van der Waals surface area contributed by atoms with E-state index >= 15 is 0 Å². The van der Waals surface area contributed by atoms with E-state index in [4.69, 9.17) is 0 Å². The summed E-state index contributed by atoms with van der Waals surface area (Å²) in [5.41, 5.74) is 0.871. The summed E-state index contributed by atoms with van der Waals surface area (Å²) in [4.78, 5) is 6.94. The fourth-order valence-electron chi connectivity index (χ4n) is 4.49. The summed E-state index contributed by atoms with van der Waals surface area (Å²) in [6, 6.07) is 9.19. The maximum atomic E-state index is 13.0. The molecule has 1 saturated heterocycles. The van der Waals surface area contributed by atoms with Crippen molar-refractivity contribution in [3.05, 3.63) is 48.5 Å². The average molecular weight is 443 g/mol. The van der Waals surface area contributed by atoms with Gasteiger partial charge in [0.2, 0.25) is 10.0 Å². The van der Waals surface area contributed by atoms with Crippen molar-refractivity contribution in [2.75, 3.05) is 18.0 Å². The number of nitrogens with zero attached hydrogens (tertiary/aromatic N) is 6. The molecule has 0 atom stereocenters. The van der Waals surface area contributed by atoms with Crippen LogP contribution in [-0.2, 0) is 10.0 Å². The fraction of sp³-hybridized carbons (Fsp3) is 0.500. The van der Waals surface area contributed by atoms with Crippen molar-refractivity contribution in [1.29, 1.82) is 0 Å². The van der Waals surface area contributed by atoms with Gasteiger partial charge in [-0.15, -0.1) is 10.2 Å². The summed E-state index contributed by atoms with van der Waals surface area (Å²) in [5, 5.41) is 8.68. The van der Waals surface area contributed by atoms with E-state index in [2.05, 4.69) is 24.5 Å². The first-order valence-electron chi connectivity index (χ1n) is 10.8. The Morgan fingerprint density at radius 2 is 1.71 bits per heavy atom. The molecule has 1 aliphatic rings. The zero-order valence-electron chi connectivity index (χ0n) is 18.5. The van der Waals surface area contributed by atoms with Crippen molar-refractivity contribution in [2.45, 2.75) is 63.4 Å². The first-order valence-corrected chi connectivity index (χ1v) is 12.3. The van der Waals surface area contributed by atoms with E-state index in [1.165, 1.54) is 10.5 Å². The number of sulfonamides is 1. The third kappa shape index (κ3) is 4.16. The van der Waals surface area contributed by atoms with E-state index in [1.54, 1.807) is 6.07 Å². The van der Waals surface area contributed by atoms with Crippen LogP contribution in [0.15, 0.2) is 47.6 Å². The van der Waals surface area contributed by atoms with Crippen molar-refractivity contribution < 1.29 is 8.42 Å². The molecule has 0 amide bonds. The molecule has 8 nitrogen and oxygen atoms in total. The maximum Gasteiger partial charge on any atom is 0.245 e. The van der Waals surface area contributed by atoms with Gasteiger partial charge < -0.3 is 4.90 Å². The summed E-state index contributed by atoms with van der Waals surface area (Å²) in [7, 11) is -3.57. The fourth-order valence-corrected chi connectivity index (χ4v) is 6.27. The lowest BCUT2D eigenvalue weighted by Gasteiger charge is -2.32. The Labute approximate surface area is 184 Å². The Morgan fingerprint density at radius 1 is 1.00 bits per heavy atom. The Bertz CT molecular complexity index is 1120. The van der Waals surface area contributed by atoms with Crippen molar-refractivity contribution in [1.82, 2.24) is 23.9 Å². The van der Waals surface area contributed by atoms with E-state index in [-0.39, 0.29) is 17.0 Å². The second-order valence-corrected chi connectivity index (χ2v) is 10.5. The van der Waals surface area contributed by atoms with Gasteiger partial charge >= 0.3 is 0 Å². The second kappa shape index (κ2) is 8.55. The highest BCUT2D eigenvalue weighted by molar-refractivity contribution is 7.89. The number of anilines is 1. The number of hydrogen-bond donors (Lipinski definition) is 0. The SMILES string of the molecule is CC(C)N(C(C)C)S(=O)(=O)c1ccc(N2CCC(c3nnc4ccccn34)CC2)nc1. The highest BCUT2D eigenvalue weighted by atomic mass is 32.2. The van der Waals surface area contributed by atoms with Crippen LogP contribution >= 0.6 is 0 Å². The Morgan fingerprint density at radius 3 is 2.32 bits per heavy atom. The average Bonchev–Trinajstić information content (AvgIpc) is 3.17. The molecule has 1 aliphatic heterocycles. The summed E-state index contributed by atoms with van der Waals surface area (Å²) in [6.45, 7) is 9.25. The minimum atomic E-state index is -3.57. The molecule has 166 valence electrons. The molecule has 4 rings (SSSR count). The molecular formula is C22H30N6O2S. The normalized spacial score (nSPS) is 16.2. The lowest BCUT2D eigenvalue weighted by atomic mass is 9.96. The quantitative estimate of drug-likeness (QED) is 0.582. The van der Waals surface area contributed by atoms with Crippen LogP contribution in [0.1, 0.15) is 52.3 Å². The van der Waals surface area contributed by atoms with Crippen LogP contribution in [0.4, 0.5) is 5.82 Å². The van der Waals surface area contributed by atoms with Crippen LogP contribution in [0, 0.1) is 0 Å². The smallest absolute Gasteiger partial charge is 0.245 e. The summed E-state index contributed by atoms with van der Waals surface area (Å²) in [6.07, 6.45) is 5.40. The Hall–Kier alpha value is -2.52. The summed E-state index contributed by atoms with van der Waals surface area (Å²) >= 11 is 0. The van der Waals surface area contributed by atoms with Crippen LogP contribution in [0.3, 0.4) is 0 Å². The maximum absolute atomic E-state index is 13.0. The minimum Gasteiger partial charge on any atom is -0.357 e. The van der Waals surface area contributed by atoms with E-state index in [0.29, 0.717) is 5.92 Å². The van der Waals surface area contributed by atoms with E-state index in [0.717, 1.165) is 43.2 Å². The predicted octanol–water partition coefficient (Wildman–Crippen LogP) is 3.32. The number of hydrogen-bond acceptors (Lipinski definition) is 6. The van der Waals surface area contributed by atoms with Crippen LogP contribution in [0.5, 0.6) is 0 Å². The highest BCUT2D eigenvalue weighted by Crippen LogP contribution is 2.30. The van der Waals surface area contributed by atoms with Crippen molar-refractivity contribution in [3.8, 4) is 0 Å². The number of aromatic nitrogens is 4. The number of fused-ring (bicyclic) bond motifs is 1. The molecule has 0 bridgehead atoms. The number of pyridine rings is 2. The van der Waals surface area contributed by atoms with E-state index in [9.17, 15) is 8.42 Å². The number of piperidine rings is 1. The molecule has 0 aromatic carbocycles. The van der Waals surface area contributed by atoms with Crippen LogP contribution in [0.2, 0.25) is 0 Å². The molecule has 4 heterocycles. The van der Waals surface area contributed by atoms with Crippen LogP contribution in [-0.4, -0.2) is 57.5 Å². The molecule has 3 aromatic rings. The van der Waals surface area contributed by atoms with Gasteiger partial charge in [0.25, 0.3) is 0 Å². The van der Waals surface area contributed by atoms with Gasteiger partial charge in [-0.3, -0.25) is 4.40 Å². The largest absolute Gasteiger partial charge is 0.357 e. The Balaban J connectivity index is 1.46. The van der Waals surface area contributed by atoms with Gasteiger partial charge in [-0.25, -0.2) is 13.4 Å². The molecule has 0 saturated carbocycles. The van der Waals surface area contributed by atoms with Crippen LogP contribution in [0.25, 0.3) is 5.65 Å². The molecule has 0 N–H and O–H groups in total. The molecule has 0 unspecified atom stereocenters. The van der Waals surface area contributed by atoms with Gasteiger partial charge in [0.1, 0.15) is 16.5 Å². The molecule has 0 aliphatic carbocycles. The zero-order chi connectivity index (χ0) is 22.2. The van der Waals surface area contributed by atoms with Gasteiger partial charge in [0, 0.05) is 43.5 Å². The molecule has 1 fully saturated rings. The molecule has 31 heavy (non-hydrogen) atoms. The standard InChI is InChI=1S/C22H30N6O2S/c1-16(2)28(17(3)4)31(29,30)19-8-9-20(23-15-19)26-13-10-18(11-14-26)22-25-24-21-7-5-6-12-27(21)22/h5-9,12,15-18H,10-11,13-14H2,1-4H3. The lowest BCUT2D eigenvalue weighted by Crippen LogP contribution is -2.42. The zero-order valence-corrected chi connectivity index (χ0v) is 19.3. The van der Waals surface area contributed by atoms with E-state index < -0.39 is 10.0 Å². The highest BCUT2D eigenvalue weighted by Gasteiger charge is 2.30. The molecular weight excluding hydrogens is 412 g/mol. The predicted molar refractivity (Wildman–Crippen MR) is 121 cm³/mol. The summed E-state index contributed by atoms with van der Waals surface area (Å²) < 4.78 is 29.7. The lowest BCUT2D eigenvalue weighted by molar-refractivity contribution is 0.302.